The van der Waals surface area contributed by atoms with Crippen LogP contribution in [-0.2, 0) is 0 Å². The molecule has 2 aromatic heterocycles. The number of hydrogen-bond donors (Lipinski definition) is 1. The van der Waals surface area contributed by atoms with Gasteiger partial charge in [0, 0.05) is 11.3 Å². The van der Waals surface area contributed by atoms with Crippen molar-refractivity contribution in [1.82, 2.24) is 14.6 Å². The van der Waals surface area contributed by atoms with Gasteiger partial charge in [0.15, 0.2) is 11.3 Å². The Morgan fingerprint density at radius 2 is 2.00 bits per heavy atom. The number of halogens is 1. The Morgan fingerprint density at radius 3 is 2.61 bits per heavy atom. The van der Waals surface area contributed by atoms with E-state index in [-0.39, 0.29) is 17.4 Å². The fourth-order valence-corrected chi connectivity index (χ4v) is 2.65. The fourth-order valence-electron chi connectivity index (χ4n) is 2.65. The molecule has 3 aromatic rings. The molecule has 5 nitrogen and oxygen atoms in total. The summed E-state index contributed by atoms with van der Waals surface area (Å²) in [6, 6.07) is 7.85. The molecule has 1 aromatic carbocycles. The summed E-state index contributed by atoms with van der Waals surface area (Å²) >= 11 is 0. The maximum atomic E-state index is 14.2. The molecule has 0 saturated heterocycles. The van der Waals surface area contributed by atoms with Crippen molar-refractivity contribution < 1.29 is 14.3 Å². The first kappa shape index (κ1) is 15.1. The maximum Gasteiger partial charge on any atom is 0.354 e. The molecule has 0 saturated carbocycles. The summed E-state index contributed by atoms with van der Waals surface area (Å²) in [5.74, 6) is -1.46. The Balaban J connectivity index is 2.42. The van der Waals surface area contributed by atoms with E-state index in [0.717, 1.165) is 5.69 Å². The maximum absolute atomic E-state index is 14.2. The minimum Gasteiger partial charge on any atom is -0.477 e. The number of rotatable bonds is 3. The van der Waals surface area contributed by atoms with E-state index in [1.54, 1.807) is 29.6 Å². The minimum atomic E-state index is -1.12. The number of nitrogens with zero attached hydrogens (tertiary/aromatic N) is 3. The molecule has 0 radical (unpaired) electrons. The molecule has 3 rings (SSSR count). The van der Waals surface area contributed by atoms with Gasteiger partial charge in [-0.25, -0.2) is 18.7 Å². The fraction of sp³-hybridized carbons (Fsp3) is 0.235. The zero-order valence-corrected chi connectivity index (χ0v) is 13.0. The molecule has 0 aliphatic rings. The van der Waals surface area contributed by atoms with Crippen LogP contribution in [0.25, 0.3) is 16.8 Å². The van der Waals surface area contributed by atoms with Crippen LogP contribution in [0.3, 0.4) is 0 Å². The molecule has 0 atom stereocenters. The van der Waals surface area contributed by atoms with Crippen molar-refractivity contribution >= 4 is 11.6 Å². The van der Waals surface area contributed by atoms with Crippen molar-refractivity contribution in [3.63, 3.8) is 0 Å². The third-order valence-corrected chi connectivity index (χ3v) is 3.75. The monoisotopic (exact) mass is 313 g/mol. The SMILES string of the molecule is Cc1nn2c(C(C)C)cc(C(=O)O)nc2c1-c1ccccc1F. The Kier molecular flexibility index (Phi) is 3.60. The summed E-state index contributed by atoms with van der Waals surface area (Å²) < 4.78 is 15.8. The second kappa shape index (κ2) is 5.46. The van der Waals surface area contributed by atoms with Gasteiger partial charge in [-0.2, -0.15) is 5.10 Å². The highest BCUT2D eigenvalue weighted by atomic mass is 19.1. The molecule has 6 heteroatoms. The van der Waals surface area contributed by atoms with E-state index in [1.165, 1.54) is 12.1 Å². The van der Waals surface area contributed by atoms with Crippen molar-refractivity contribution in [2.45, 2.75) is 26.7 Å². The summed E-state index contributed by atoms with van der Waals surface area (Å²) in [4.78, 5) is 15.6. The number of aromatic nitrogens is 3. The van der Waals surface area contributed by atoms with Gasteiger partial charge in [-0.15, -0.1) is 0 Å². The van der Waals surface area contributed by atoms with Gasteiger partial charge >= 0.3 is 5.97 Å². The lowest BCUT2D eigenvalue weighted by molar-refractivity contribution is 0.0690. The molecule has 0 aliphatic carbocycles. The summed E-state index contributed by atoms with van der Waals surface area (Å²) in [5, 5.41) is 13.8. The van der Waals surface area contributed by atoms with Crippen LogP contribution in [0.2, 0.25) is 0 Å². The normalized spacial score (nSPS) is 11.3. The number of fused-ring (bicyclic) bond motifs is 1. The first-order valence-electron chi connectivity index (χ1n) is 7.28. The number of benzene rings is 1. The first-order valence-corrected chi connectivity index (χ1v) is 7.28. The Morgan fingerprint density at radius 1 is 1.30 bits per heavy atom. The number of aromatic carboxylic acids is 1. The lowest BCUT2D eigenvalue weighted by Gasteiger charge is -2.10. The van der Waals surface area contributed by atoms with Crippen LogP contribution in [0.5, 0.6) is 0 Å². The van der Waals surface area contributed by atoms with Crippen LogP contribution in [0.1, 0.15) is 41.6 Å². The highest BCUT2D eigenvalue weighted by Gasteiger charge is 2.21. The summed E-state index contributed by atoms with van der Waals surface area (Å²) in [7, 11) is 0. The average Bonchev–Trinajstić information content (AvgIpc) is 2.82. The molecule has 0 unspecified atom stereocenters. The molecule has 2 heterocycles. The first-order chi connectivity index (χ1) is 10.9. The molecular formula is C17H16FN3O2. The topological polar surface area (TPSA) is 67.5 Å². The van der Waals surface area contributed by atoms with Gasteiger partial charge in [-0.3, -0.25) is 0 Å². The van der Waals surface area contributed by atoms with Gasteiger partial charge in [0.2, 0.25) is 0 Å². The van der Waals surface area contributed by atoms with E-state index in [4.69, 9.17) is 0 Å². The molecule has 0 aliphatic heterocycles. The van der Waals surface area contributed by atoms with E-state index in [9.17, 15) is 14.3 Å². The van der Waals surface area contributed by atoms with Crippen LogP contribution < -0.4 is 0 Å². The Hall–Kier alpha value is -2.76. The summed E-state index contributed by atoms with van der Waals surface area (Å²) in [6.45, 7) is 5.65. The van der Waals surface area contributed by atoms with Crippen molar-refractivity contribution in [2.75, 3.05) is 0 Å². The number of aryl methyl sites for hydroxylation is 1. The van der Waals surface area contributed by atoms with E-state index in [1.807, 2.05) is 13.8 Å². The summed E-state index contributed by atoms with van der Waals surface area (Å²) in [6.07, 6.45) is 0. The van der Waals surface area contributed by atoms with Crippen molar-refractivity contribution in [1.29, 1.82) is 0 Å². The average molecular weight is 313 g/mol. The number of carbonyl (C=O) groups is 1. The lowest BCUT2D eigenvalue weighted by atomic mass is 10.0. The third-order valence-electron chi connectivity index (χ3n) is 3.75. The molecule has 23 heavy (non-hydrogen) atoms. The second-order valence-corrected chi connectivity index (χ2v) is 5.70. The largest absolute Gasteiger partial charge is 0.477 e. The van der Waals surface area contributed by atoms with E-state index >= 15 is 0 Å². The van der Waals surface area contributed by atoms with Crippen LogP contribution >= 0.6 is 0 Å². The van der Waals surface area contributed by atoms with Crippen LogP contribution in [-0.4, -0.2) is 25.7 Å². The van der Waals surface area contributed by atoms with Gasteiger partial charge in [0.25, 0.3) is 0 Å². The van der Waals surface area contributed by atoms with Crippen molar-refractivity contribution in [3.8, 4) is 11.1 Å². The van der Waals surface area contributed by atoms with Gasteiger partial charge in [-0.1, -0.05) is 32.0 Å². The predicted molar refractivity (Wildman–Crippen MR) is 84.2 cm³/mol. The highest BCUT2D eigenvalue weighted by molar-refractivity contribution is 5.88. The molecule has 1 N–H and O–H groups in total. The Labute approximate surface area is 132 Å². The Bertz CT molecular complexity index is 916. The summed E-state index contributed by atoms with van der Waals surface area (Å²) in [5.41, 5.74) is 2.50. The van der Waals surface area contributed by atoms with E-state index < -0.39 is 5.97 Å². The van der Waals surface area contributed by atoms with E-state index in [0.29, 0.717) is 22.5 Å². The quantitative estimate of drug-likeness (QED) is 0.801. The molecule has 0 amide bonds. The van der Waals surface area contributed by atoms with Gasteiger partial charge in [-0.05, 0) is 25.0 Å². The molecule has 118 valence electrons. The van der Waals surface area contributed by atoms with Crippen LogP contribution in [0.15, 0.2) is 30.3 Å². The standard InChI is InChI=1S/C17H16FN3O2/c1-9(2)14-8-13(17(22)23)19-16-15(10(3)20-21(14)16)11-6-4-5-7-12(11)18/h4-9H,1-3H3,(H,22,23). The molecular weight excluding hydrogens is 297 g/mol. The van der Waals surface area contributed by atoms with Crippen LogP contribution in [0, 0.1) is 12.7 Å². The lowest BCUT2D eigenvalue weighted by Crippen LogP contribution is -2.09. The second-order valence-electron chi connectivity index (χ2n) is 5.70. The predicted octanol–water partition coefficient (Wildman–Crippen LogP) is 3.67. The van der Waals surface area contributed by atoms with Gasteiger partial charge < -0.3 is 5.11 Å². The van der Waals surface area contributed by atoms with Gasteiger partial charge in [0.1, 0.15) is 5.82 Å². The van der Waals surface area contributed by atoms with Crippen LogP contribution in [0.4, 0.5) is 4.39 Å². The van der Waals surface area contributed by atoms with Gasteiger partial charge in [0.05, 0.1) is 11.3 Å². The number of carboxylic acids is 1. The zero-order chi connectivity index (χ0) is 16.7. The molecule has 0 bridgehead atoms. The molecule has 0 fully saturated rings. The van der Waals surface area contributed by atoms with Crippen molar-refractivity contribution in [3.05, 3.63) is 53.2 Å². The number of hydrogen-bond acceptors (Lipinski definition) is 3. The number of carboxylic acid groups (broad SMARTS) is 1. The minimum absolute atomic E-state index is 0.0476. The van der Waals surface area contributed by atoms with Crippen molar-refractivity contribution in [2.24, 2.45) is 0 Å². The third kappa shape index (κ3) is 2.46. The van der Waals surface area contributed by atoms with E-state index in [2.05, 4.69) is 10.1 Å². The molecule has 0 spiro atoms. The highest BCUT2D eigenvalue weighted by Crippen LogP contribution is 2.31. The zero-order valence-electron chi connectivity index (χ0n) is 13.0. The smallest absolute Gasteiger partial charge is 0.354 e.